The zero-order valence-electron chi connectivity index (χ0n) is 6.44. The molecule has 58 valence electrons. The molecule has 3 heteroatoms. The molecule has 1 aromatic heterocycles. The van der Waals surface area contributed by atoms with Crippen LogP contribution in [0.15, 0.2) is 43.3 Å². The third-order valence-electron chi connectivity index (χ3n) is 1.92. The average Bonchev–Trinajstić information content (AvgIpc) is 2.53. The molecule has 0 N–H and O–H groups in total. The van der Waals surface area contributed by atoms with Crippen LogP contribution >= 0.6 is 11.6 Å². The summed E-state index contributed by atoms with van der Waals surface area (Å²) in [6, 6.07) is 4.15. The van der Waals surface area contributed by atoms with E-state index in [1.54, 1.807) is 0 Å². The summed E-state index contributed by atoms with van der Waals surface area (Å²) >= 11 is 4.25. The van der Waals surface area contributed by atoms with Crippen LogP contribution in [0.1, 0.15) is 0 Å². The molecule has 0 saturated heterocycles. The fourth-order valence-electron chi connectivity index (χ4n) is 1.30. The summed E-state index contributed by atoms with van der Waals surface area (Å²) in [5.74, 6) is 0. The molecule has 0 bridgehead atoms. The minimum atomic E-state index is -1.83. The van der Waals surface area contributed by atoms with E-state index < -0.39 is 21.4 Å². The number of hydrogen-bond acceptors (Lipinski definition) is 1. The van der Waals surface area contributed by atoms with Gasteiger partial charge in [0.25, 0.3) is 0 Å². The van der Waals surface area contributed by atoms with Crippen molar-refractivity contribution in [2.45, 2.75) is 0 Å². The zero-order valence-corrected chi connectivity index (χ0v) is 10.5. The average molecular weight is 279 g/mol. The van der Waals surface area contributed by atoms with E-state index in [4.69, 9.17) is 11.6 Å². The van der Waals surface area contributed by atoms with E-state index in [1.165, 1.54) is 3.32 Å². The Kier molecular flexibility index (Phi) is 2.57. The fourth-order valence-corrected chi connectivity index (χ4v) is 8.30. The Bertz CT molecular complexity index is 332. The Morgan fingerprint density at radius 2 is 2.00 bits per heavy atom. The van der Waals surface area contributed by atoms with Crippen molar-refractivity contribution in [1.29, 1.82) is 0 Å². The van der Waals surface area contributed by atoms with Crippen LogP contribution < -0.4 is 3.32 Å². The van der Waals surface area contributed by atoms with E-state index >= 15 is 0 Å². The van der Waals surface area contributed by atoms with Crippen molar-refractivity contribution in [3.05, 3.63) is 43.3 Å². The van der Waals surface area contributed by atoms with Crippen molar-refractivity contribution in [1.82, 2.24) is 4.98 Å². The van der Waals surface area contributed by atoms with Gasteiger partial charge in [0, 0.05) is 0 Å². The van der Waals surface area contributed by atoms with Gasteiger partial charge in [0.1, 0.15) is 0 Å². The fraction of sp³-hybridized carbons (Fsp3) is 0. The second kappa shape index (κ2) is 3.67. The molecule has 0 aromatic carbocycles. The molecule has 2 rings (SSSR count). The first-order valence-corrected chi connectivity index (χ1v) is 9.39. The molecule has 0 radical (unpaired) electrons. The maximum atomic E-state index is 6.08. The summed E-state index contributed by atoms with van der Waals surface area (Å²) < 4.78 is 4.78. The van der Waals surface area contributed by atoms with Gasteiger partial charge in [-0.15, -0.1) is 0 Å². The van der Waals surface area contributed by atoms with Gasteiger partial charge in [-0.2, -0.15) is 0 Å². The van der Waals surface area contributed by atoms with Crippen LogP contribution in [0, 0.1) is 0 Å². The number of rotatable bonds is 1. The molecule has 0 amide bonds. The Labute approximate surface area is 84.3 Å². The molecule has 1 nitrogen and oxygen atoms in total. The van der Waals surface area contributed by atoms with Gasteiger partial charge in [-0.05, 0) is 0 Å². The number of allylic oxidation sites excluding steroid dienone is 2. The van der Waals surface area contributed by atoms with Crippen molar-refractivity contribution in [2.24, 2.45) is 0 Å². The summed E-state index contributed by atoms with van der Waals surface area (Å²) in [7, 11) is 0. The summed E-state index contributed by atoms with van der Waals surface area (Å²) in [6.07, 6.45) is 7.76. The second-order valence-electron chi connectivity index (χ2n) is 2.69. The number of hydrogen-bond donors (Lipinski definition) is 0. The van der Waals surface area contributed by atoms with Crippen LogP contribution in [-0.4, -0.2) is 26.4 Å². The first kappa shape index (κ1) is 8.39. The van der Waals surface area contributed by atoms with Gasteiger partial charge in [-0.1, -0.05) is 0 Å². The molecule has 1 aliphatic heterocycles. The predicted molar refractivity (Wildman–Crippen MR) is 52.7 cm³/mol. The predicted octanol–water partition coefficient (Wildman–Crippen LogP) is 1.55. The molecule has 1 aromatic rings. The van der Waals surface area contributed by atoms with Crippen LogP contribution in [0.5, 0.6) is 0 Å². The number of aromatic nitrogens is 1. The van der Waals surface area contributed by atoms with Crippen LogP contribution in [0.25, 0.3) is 0 Å². The van der Waals surface area contributed by atoms with E-state index in [0.29, 0.717) is 0 Å². The van der Waals surface area contributed by atoms with Crippen molar-refractivity contribution in [3.8, 4) is 0 Å². The van der Waals surface area contributed by atoms with Gasteiger partial charge in [0.2, 0.25) is 0 Å². The van der Waals surface area contributed by atoms with Crippen molar-refractivity contribution < 1.29 is 0 Å². The summed E-state index contributed by atoms with van der Waals surface area (Å²) in [6.45, 7) is 0. The molecular weight excluding hydrogens is 272 g/mol. The molecule has 1 aliphatic rings. The van der Waals surface area contributed by atoms with Crippen molar-refractivity contribution >= 4 is 36.4 Å². The van der Waals surface area contributed by atoms with Crippen LogP contribution in [-0.2, 0) is 0 Å². The van der Waals surface area contributed by atoms with E-state index in [9.17, 15) is 0 Å². The topological polar surface area (TPSA) is 12.9 Å². The van der Waals surface area contributed by atoms with Gasteiger partial charge in [-0.25, -0.2) is 0 Å². The summed E-state index contributed by atoms with van der Waals surface area (Å²) in [5, 5.41) is 0. The van der Waals surface area contributed by atoms with Crippen LogP contribution in [0.3, 0.4) is 0 Å². The Morgan fingerprint density at radius 3 is 2.58 bits per heavy atom. The van der Waals surface area contributed by atoms with E-state index in [0.717, 1.165) is 2.79 Å². The number of pyridine rings is 1. The quantitative estimate of drug-likeness (QED) is 0.760. The molecule has 0 fully saturated rings. The normalized spacial score (nSPS) is 15.1. The number of nitrogens with zero attached hydrogens (tertiary/aromatic N) is 1. The number of halogens is 1. The maximum absolute atomic E-state index is 6.08. The summed E-state index contributed by atoms with van der Waals surface area (Å²) in [4.78, 5) is 3.99. The Morgan fingerprint density at radius 1 is 1.25 bits per heavy atom. The molecule has 0 atom stereocenters. The van der Waals surface area contributed by atoms with Crippen molar-refractivity contribution in [3.63, 3.8) is 0 Å². The van der Waals surface area contributed by atoms with Gasteiger partial charge in [-0.3, -0.25) is 0 Å². The van der Waals surface area contributed by atoms with E-state index in [2.05, 4.69) is 27.0 Å². The minimum absolute atomic E-state index is 1.09. The monoisotopic (exact) mass is 279 g/mol. The van der Waals surface area contributed by atoms with Gasteiger partial charge in [0.05, 0.1) is 0 Å². The molecule has 0 spiro atoms. The van der Waals surface area contributed by atoms with E-state index in [1.807, 2.05) is 18.5 Å². The zero-order chi connectivity index (χ0) is 8.39. The van der Waals surface area contributed by atoms with Gasteiger partial charge < -0.3 is 0 Å². The van der Waals surface area contributed by atoms with Crippen LogP contribution in [0.2, 0.25) is 0 Å². The molecule has 0 saturated carbocycles. The Hall–Kier alpha value is -0.210. The first-order valence-electron chi connectivity index (χ1n) is 3.82. The van der Waals surface area contributed by atoms with Gasteiger partial charge >= 0.3 is 84.6 Å². The SMILES string of the molecule is Cl[C]1=CC=[CH][In]1[c]1ccncc1. The standard InChI is InChI=1S/C5H4N.C4H3Cl.In/c1-2-4-6-5-3-1;1-2-3-4-5;/h2-5H;1-3H;. The second-order valence-corrected chi connectivity index (χ2v) is 11.7. The molecular formula is C9H7ClInN. The first-order chi connectivity index (χ1) is 5.88. The van der Waals surface area contributed by atoms with Crippen molar-refractivity contribution in [2.75, 3.05) is 0 Å². The Balaban J connectivity index is 2.33. The van der Waals surface area contributed by atoms with Crippen LogP contribution in [0.4, 0.5) is 0 Å². The molecule has 12 heavy (non-hydrogen) atoms. The third kappa shape index (κ3) is 1.59. The van der Waals surface area contributed by atoms with Gasteiger partial charge in [0.15, 0.2) is 0 Å². The molecule has 0 aliphatic carbocycles. The third-order valence-corrected chi connectivity index (χ3v) is 10.8. The summed E-state index contributed by atoms with van der Waals surface area (Å²) in [5.41, 5.74) is 0. The molecule has 2 heterocycles. The van der Waals surface area contributed by atoms with E-state index in [-0.39, 0.29) is 0 Å². The molecule has 0 unspecified atom stereocenters.